The lowest BCUT2D eigenvalue weighted by Crippen LogP contribution is -2.06. The van der Waals surface area contributed by atoms with Crippen LogP contribution in [0.3, 0.4) is 0 Å². The minimum atomic E-state index is -1.10. The molecule has 1 aromatic heterocycles. The zero-order chi connectivity index (χ0) is 10.1. The van der Waals surface area contributed by atoms with Gasteiger partial charge in [-0.05, 0) is 28.1 Å². The lowest BCUT2D eigenvalue weighted by molar-refractivity contribution is 0.210. The van der Waals surface area contributed by atoms with E-state index in [1.165, 1.54) is 11.3 Å². The van der Waals surface area contributed by atoms with Gasteiger partial charge in [0.05, 0.1) is 10.2 Å². The summed E-state index contributed by atoms with van der Waals surface area (Å²) in [6.45, 7) is 0. The van der Waals surface area contributed by atoms with E-state index >= 15 is 0 Å². The Morgan fingerprint density at radius 2 is 2.36 bits per heavy atom. The van der Waals surface area contributed by atoms with Crippen molar-refractivity contribution in [1.82, 2.24) is 4.98 Å². The second kappa shape index (κ2) is 3.55. The molecule has 0 fully saturated rings. The van der Waals surface area contributed by atoms with E-state index in [0.29, 0.717) is 5.13 Å². The summed E-state index contributed by atoms with van der Waals surface area (Å²) in [4.78, 5) is 14.5. The minimum absolute atomic E-state index is 0.388. The number of hydrogen-bond acceptors (Lipinski definition) is 3. The SMILES string of the molecule is O=C(O)Nc1nc2c(Br)cccc2s1. The van der Waals surface area contributed by atoms with Crippen LogP contribution in [0, 0.1) is 0 Å². The van der Waals surface area contributed by atoms with Gasteiger partial charge in [-0.25, -0.2) is 9.78 Å². The van der Waals surface area contributed by atoms with Crippen molar-refractivity contribution in [3.8, 4) is 0 Å². The molecule has 1 amide bonds. The third-order valence-electron chi connectivity index (χ3n) is 1.58. The van der Waals surface area contributed by atoms with Crippen molar-refractivity contribution in [2.24, 2.45) is 0 Å². The molecule has 0 atom stereocenters. The van der Waals surface area contributed by atoms with E-state index in [4.69, 9.17) is 5.11 Å². The average molecular weight is 273 g/mol. The first-order valence-electron chi connectivity index (χ1n) is 3.72. The van der Waals surface area contributed by atoms with Gasteiger partial charge in [0.15, 0.2) is 5.13 Å². The van der Waals surface area contributed by atoms with Gasteiger partial charge in [-0.15, -0.1) is 0 Å². The van der Waals surface area contributed by atoms with E-state index in [1.807, 2.05) is 18.2 Å². The number of rotatable bonds is 1. The maximum atomic E-state index is 10.4. The Balaban J connectivity index is 2.51. The van der Waals surface area contributed by atoms with E-state index < -0.39 is 6.09 Å². The normalized spacial score (nSPS) is 10.4. The van der Waals surface area contributed by atoms with Crippen molar-refractivity contribution in [3.63, 3.8) is 0 Å². The summed E-state index contributed by atoms with van der Waals surface area (Å²) in [6, 6.07) is 5.65. The van der Waals surface area contributed by atoms with Gasteiger partial charge in [0.2, 0.25) is 0 Å². The van der Waals surface area contributed by atoms with Crippen molar-refractivity contribution in [2.75, 3.05) is 5.32 Å². The quantitative estimate of drug-likeness (QED) is 0.838. The number of fused-ring (bicyclic) bond motifs is 1. The van der Waals surface area contributed by atoms with Gasteiger partial charge < -0.3 is 5.11 Å². The molecule has 4 nitrogen and oxygen atoms in total. The van der Waals surface area contributed by atoms with Crippen LogP contribution < -0.4 is 5.32 Å². The molecule has 0 saturated carbocycles. The van der Waals surface area contributed by atoms with Crippen LogP contribution in [0.2, 0.25) is 0 Å². The van der Waals surface area contributed by atoms with Gasteiger partial charge in [0.25, 0.3) is 0 Å². The molecular formula is C8H5BrN2O2S. The highest BCUT2D eigenvalue weighted by Crippen LogP contribution is 2.30. The Morgan fingerprint density at radius 3 is 3.00 bits per heavy atom. The highest BCUT2D eigenvalue weighted by atomic mass is 79.9. The van der Waals surface area contributed by atoms with E-state index in [0.717, 1.165) is 14.7 Å². The number of nitrogens with zero attached hydrogens (tertiary/aromatic N) is 1. The van der Waals surface area contributed by atoms with Gasteiger partial charge in [-0.1, -0.05) is 17.4 Å². The van der Waals surface area contributed by atoms with Gasteiger partial charge >= 0.3 is 6.09 Å². The average Bonchev–Trinajstić information content (AvgIpc) is 2.47. The molecular weight excluding hydrogens is 268 g/mol. The zero-order valence-electron chi connectivity index (χ0n) is 6.82. The molecule has 2 rings (SSSR count). The third-order valence-corrected chi connectivity index (χ3v) is 3.16. The number of anilines is 1. The fourth-order valence-corrected chi connectivity index (χ4v) is 2.53. The lowest BCUT2D eigenvalue weighted by Gasteiger charge is -1.90. The van der Waals surface area contributed by atoms with E-state index in [1.54, 1.807) is 0 Å². The monoisotopic (exact) mass is 272 g/mol. The van der Waals surface area contributed by atoms with Crippen LogP contribution in [-0.2, 0) is 0 Å². The van der Waals surface area contributed by atoms with E-state index in [9.17, 15) is 4.79 Å². The van der Waals surface area contributed by atoms with Gasteiger partial charge in [-0.2, -0.15) is 0 Å². The largest absolute Gasteiger partial charge is 0.465 e. The Kier molecular flexibility index (Phi) is 2.39. The van der Waals surface area contributed by atoms with Crippen LogP contribution in [0.15, 0.2) is 22.7 Å². The number of thiazole rings is 1. The van der Waals surface area contributed by atoms with Crippen molar-refractivity contribution < 1.29 is 9.90 Å². The molecule has 1 heterocycles. The number of nitrogens with one attached hydrogen (secondary N) is 1. The van der Waals surface area contributed by atoms with Crippen molar-refractivity contribution in [2.45, 2.75) is 0 Å². The zero-order valence-corrected chi connectivity index (χ0v) is 9.22. The number of amides is 1. The van der Waals surface area contributed by atoms with E-state index in [2.05, 4.69) is 26.2 Å². The third kappa shape index (κ3) is 1.71. The summed E-state index contributed by atoms with van der Waals surface area (Å²) < 4.78 is 1.81. The highest BCUT2D eigenvalue weighted by molar-refractivity contribution is 9.10. The predicted octanol–water partition coefficient (Wildman–Crippen LogP) is 3.15. The molecule has 0 saturated heterocycles. The lowest BCUT2D eigenvalue weighted by atomic mass is 10.3. The van der Waals surface area contributed by atoms with Gasteiger partial charge in [-0.3, -0.25) is 5.32 Å². The summed E-state index contributed by atoms with van der Waals surface area (Å²) in [5, 5.41) is 11.1. The maximum absolute atomic E-state index is 10.4. The number of benzene rings is 1. The summed E-state index contributed by atoms with van der Waals surface area (Å²) in [5.74, 6) is 0. The standard InChI is InChI=1S/C8H5BrN2O2S/c9-4-2-1-3-5-6(4)10-7(14-5)11-8(12)13/h1-3H,(H,10,11)(H,12,13). The van der Waals surface area contributed by atoms with Crippen LogP contribution in [0.1, 0.15) is 0 Å². The summed E-state index contributed by atoms with van der Waals surface area (Å²) in [6.07, 6.45) is -1.10. The number of hydrogen-bond donors (Lipinski definition) is 2. The fraction of sp³-hybridized carbons (Fsp3) is 0. The summed E-state index contributed by atoms with van der Waals surface area (Å²) in [7, 11) is 0. The first-order chi connectivity index (χ1) is 6.66. The van der Waals surface area contributed by atoms with Crippen LogP contribution in [0.5, 0.6) is 0 Å². The smallest absolute Gasteiger partial charge is 0.410 e. The van der Waals surface area contributed by atoms with Gasteiger partial charge in [0.1, 0.15) is 0 Å². The molecule has 1 aromatic carbocycles. The number of carboxylic acid groups (broad SMARTS) is 1. The first-order valence-corrected chi connectivity index (χ1v) is 5.33. The van der Waals surface area contributed by atoms with Gasteiger partial charge in [0, 0.05) is 4.47 Å². The molecule has 2 aromatic rings. The molecule has 0 bridgehead atoms. The predicted molar refractivity (Wildman–Crippen MR) is 59.0 cm³/mol. The molecule has 0 aliphatic heterocycles. The van der Waals surface area contributed by atoms with Crippen LogP contribution >= 0.6 is 27.3 Å². The number of carbonyl (C=O) groups is 1. The molecule has 0 radical (unpaired) electrons. The summed E-state index contributed by atoms with van der Waals surface area (Å²) >= 11 is 4.65. The summed E-state index contributed by atoms with van der Waals surface area (Å²) in [5.41, 5.74) is 0.779. The first kappa shape index (κ1) is 9.42. The topological polar surface area (TPSA) is 62.2 Å². The van der Waals surface area contributed by atoms with Crippen LogP contribution in [-0.4, -0.2) is 16.2 Å². The second-order valence-electron chi connectivity index (χ2n) is 2.54. The Labute approximate surface area is 91.7 Å². The second-order valence-corrected chi connectivity index (χ2v) is 4.42. The molecule has 0 aliphatic rings. The molecule has 0 spiro atoms. The van der Waals surface area contributed by atoms with Crippen molar-refractivity contribution in [3.05, 3.63) is 22.7 Å². The van der Waals surface area contributed by atoms with Crippen LogP contribution in [0.4, 0.5) is 9.93 Å². The fourth-order valence-electron chi connectivity index (χ4n) is 1.06. The molecule has 0 aliphatic carbocycles. The highest BCUT2D eigenvalue weighted by Gasteiger charge is 2.07. The maximum Gasteiger partial charge on any atom is 0.410 e. The molecule has 14 heavy (non-hydrogen) atoms. The van der Waals surface area contributed by atoms with Crippen molar-refractivity contribution in [1.29, 1.82) is 0 Å². The van der Waals surface area contributed by atoms with Crippen LogP contribution in [0.25, 0.3) is 10.2 Å². The molecule has 6 heteroatoms. The number of para-hydroxylation sites is 1. The van der Waals surface area contributed by atoms with Crippen molar-refractivity contribution >= 4 is 48.7 Å². The number of aromatic nitrogens is 1. The Hall–Kier alpha value is -1.14. The Morgan fingerprint density at radius 1 is 1.57 bits per heavy atom. The van der Waals surface area contributed by atoms with E-state index in [-0.39, 0.29) is 0 Å². The number of halogens is 1. The Bertz CT molecular complexity index is 497. The minimum Gasteiger partial charge on any atom is -0.465 e. The molecule has 2 N–H and O–H groups in total. The molecule has 72 valence electrons. The molecule has 0 unspecified atom stereocenters.